The van der Waals surface area contributed by atoms with E-state index in [0.717, 1.165) is 4.68 Å². The molecule has 1 radical (unpaired) electrons. The van der Waals surface area contributed by atoms with Gasteiger partial charge in [-0.1, -0.05) is 6.92 Å². The second kappa shape index (κ2) is 3.89. The van der Waals surface area contributed by atoms with Gasteiger partial charge in [-0.25, -0.2) is 4.68 Å². The number of nitrogens with zero attached hydrogens (tertiary/aromatic N) is 2. The van der Waals surface area contributed by atoms with Gasteiger partial charge in [0.2, 0.25) is 5.88 Å². The van der Waals surface area contributed by atoms with Crippen molar-refractivity contribution in [2.24, 2.45) is 0 Å². The molecule has 0 aliphatic carbocycles. The molecule has 0 aliphatic heterocycles. The van der Waals surface area contributed by atoms with Gasteiger partial charge >= 0.3 is 6.36 Å². The van der Waals surface area contributed by atoms with Crippen molar-refractivity contribution in [1.29, 1.82) is 0 Å². The molecule has 0 aromatic carbocycles. The molecule has 0 saturated carbocycles. The van der Waals surface area contributed by atoms with E-state index < -0.39 is 6.36 Å². The third-order valence-corrected chi connectivity index (χ3v) is 1.54. The number of aromatic nitrogens is 2. The highest BCUT2D eigenvalue weighted by molar-refractivity contribution is 5.21. The van der Waals surface area contributed by atoms with Gasteiger partial charge < -0.3 is 4.74 Å². The number of ether oxygens (including phenoxy) is 1. The summed E-state index contributed by atoms with van der Waals surface area (Å²) in [5.41, 5.74) is 0.260. The summed E-state index contributed by atoms with van der Waals surface area (Å²) in [5, 5.41) is 3.66. The van der Waals surface area contributed by atoms with E-state index in [1.54, 1.807) is 0 Å². The van der Waals surface area contributed by atoms with Crippen molar-refractivity contribution in [1.82, 2.24) is 9.78 Å². The standard InChI is InChI=1S/C8H10F3N2O/c1-3-4-13-7(6(2)5-12-13)14-8(9,10)11/h3-4H2,1-2H3. The van der Waals surface area contributed by atoms with Gasteiger partial charge in [-0.05, 0) is 13.3 Å². The molecule has 0 fully saturated rings. The Balaban J connectivity index is 2.88. The number of hydrogen-bond acceptors (Lipinski definition) is 2. The average Bonchev–Trinajstić information content (AvgIpc) is 2.34. The Labute approximate surface area is 79.5 Å². The fourth-order valence-corrected chi connectivity index (χ4v) is 1.02. The lowest BCUT2D eigenvalue weighted by Crippen LogP contribution is -2.20. The Morgan fingerprint density at radius 1 is 1.50 bits per heavy atom. The second-order valence-electron chi connectivity index (χ2n) is 2.81. The summed E-state index contributed by atoms with van der Waals surface area (Å²) in [6.07, 6.45) is -1.56. The molecule has 0 atom stereocenters. The third-order valence-electron chi connectivity index (χ3n) is 1.54. The molecule has 0 unspecified atom stereocenters. The zero-order valence-corrected chi connectivity index (χ0v) is 7.85. The molecule has 1 aromatic rings. The van der Waals surface area contributed by atoms with E-state index in [0.29, 0.717) is 13.0 Å². The summed E-state index contributed by atoms with van der Waals surface area (Å²) in [6, 6.07) is 0. The van der Waals surface area contributed by atoms with Crippen molar-refractivity contribution in [2.75, 3.05) is 0 Å². The molecule has 79 valence electrons. The van der Waals surface area contributed by atoms with Gasteiger partial charge in [-0.15, -0.1) is 13.2 Å². The average molecular weight is 207 g/mol. The zero-order chi connectivity index (χ0) is 10.8. The Morgan fingerprint density at radius 2 is 2.14 bits per heavy atom. The van der Waals surface area contributed by atoms with Crippen molar-refractivity contribution < 1.29 is 17.9 Å². The molecule has 0 bridgehead atoms. The van der Waals surface area contributed by atoms with E-state index in [9.17, 15) is 13.2 Å². The van der Waals surface area contributed by atoms with Crippen LogP contribution in [0.4, 0.5) is 13.2 Å². The maximum Gasteiger partial charge on any atom is 0.574 e. The monoisotopic (exact) mass is 207 g/mol. The molecule has 0 saturated heterocycles. The SMILES string of the molecule is CCCn1n[c]c(C)c1OC(F)(F)F. The van der Waals surface area contributed by atoms with E-state index in [-0.39, 0.29) is 11.4 Å². The minimum atomic E-state index is -4.68. The van der Waals surface area contributed by atoms with Crippen LogP contribution in [0.5, 0.6) is 5.88 Å². The molecule has 0 aliphatic rings. The van der Waals surface area contributed by atoms with E-state index >= 15 is 0 Å². The first-order valence-corrected chi connectivity index (χ1v) is 4.15. The number of hydrogen-bond donors (Lipinski definition) is 0. The number of aryl methyl sites for hydroxylation is 2. The van der Waals surface area contributed by atoms with Crippen LogP contribution in [-0.2, 0) is 6.54 Å². The predicted molar refractivity (Wildman–Crippen MR) is 42.8 cm³/mol. The highest BCUT2D eigenvalue weighted by Crippen LogP contribution is 2.25. The molecule has 6 heteroatoms. The van der Waals surface area contributed by atoms with Crippen molar-refractivity contribution in [3.05, 3.63) is 11.8 Å². The minimum absolute atomic E-state index is 0.260. The van der Waals surface area contributed by atoms with E-state index in [1.807, 2.05) is 6.92 Å². The molecule has 1 rings (SSSR count). The first-order chi connectivity index (χ1) is 6.44. The zero-order valence-electron chi connectivity index (χ0n) is 7.85. The fraction of sp³-hybridized carbons (Fsp3) is 0.625. The van der Waals surface area contributed by atoms with Crippen molar-refractivity contribution in [2.45, 2.75) is 33.2 Å². The topological polar surface area (TPSA) is 27.1 Å². The van der Waals surface area contributed by atoms with Gasteiger partial charge in [0.15, 0.2) is 0 Å². The van der Waals surface area contributed by atoms with E-state index in [4.69, 9.17) is 0 Å². The molecular formula is C8H10F3N2O. The van der Waals surface area contributed by atoms with Crippen LogP contribution in [0.3, 0.4) is 0 Å². The van der Waals surface area contributed by atoms with Crippen LogP contribution in [0.25, 0.3) is 0 Å². The molecule has 0 spiro atoms. The molecule has 3 nitrogen and oxygen atoms in total. The van der Waals surface area contributed by atoms with Gasteiger partial charge in [-0.3, -0.25) is 0 Å². The van der Waals surface area contributed by atoms with E-state index in [2.05, 4.69) is 16.0 Å². The summed E-state index contributed by atoms with van der Waals surface area (Å²) in [5.74, 6) is -0.278. The maximum atomic E-state index is 11.9. The first kappa shape index (κ1) is 10.9. The van der Waals surface area contributed by atoms with Crippen LogP contribution in [0.1, 0.15) is 18.9 Å². The van der Waals surface area contributed by atoms with Gasteiger partial charge in [0.05, 0.1) is 0 Å². The van der Waals surface area contributed by atoms with Gasteiger partial charge in [0, 0.05) is 12.1 Å². The normalized spacial score (nSPS) is 11.8. The van der Waals surface area contributed by atoms with Gasteiger partial charge in [0.1, 0.15) is 6.20 Å². The Kier molecular flexibility index (Phi) is 3.03. The molecule has 14 heavy (non-hydrogen) atoms. The molecule has 1 aromatic heterocycles. The lowest BCUT2D eigenvalue weighted by Gasteiger charge is -2.11. The van der Waals surface area contributed by atoms with Crippen LogP contribution in [0.15, 0.2) is 0 Å². The molecule has 1 heterocycles. The summed E-state index contributed by atoms with van der Waals surface area (Å²) >= 11 is 0. The minimum Gasteiger partial charge on any atom is -0.388 e. The second-order valence-corrected chi connectivity index (χ2v) is 2.81. The predicted octanol–water partition coefficient (Wildman–Crippen LogP) is 2.30. The molecule has 0 amide bonds. The number of alkyl halides is 3. The third kappa shape index (κ3) is 2.65. The summed E-state index contributed by atoms with van der Waals surface area (Å²) in [6.45, 7) is 3.70. The number of halogens is 3. The van der Waals surface area contributed by atoms with Crippen LogP contribution in [-0.4, -0.2) is 16.1 Å². The quantitative estimate of drug-likeness (QED) is 0.760. The maximum absolute atomic E-state index is 11.9. The van der Waals surface area contributed by atoms with Crippen molar-refractivity contribution in [3.8, 4) is 5.88 Å². The van der Waals surface area contributed by atoms with Crippen molar-refractivity contribution >= 4 is 0 Å². The highest BCUT2D eigenvalue weighted by Gasteiger charge is 2.33. The van der Waals surface area contributed by atoms with Gasteiger partial charge in [0.25, 0.3) is 0 Å². The molecule has 0 N–H and O–H groups in total. The van der Waals surface area contributed by atoms with E-state index in [1.165, 1.54) is 6.92 Å². The van der Waals surface area contributed by atoms with Crippen LogP contribution in [0, 0.1) is 13.1 Å². The largest absolute Gasteiger partial charge is 0.574 e. The lowest BCUT2D eigenvalue weighted by atomic mass is 10.4. The fourth-order valence-electron chi connectivity index (χ4n) is 1.02. The van der Waals surface area contributed by atoms with Crippen LogP contribution in [0.2, 0.25) is 0 Å². The summed E-state index contributed by atoms with van der Waals surface area (Å²) < 4.78 is 40.8. The number of rotatable bonds is 3. The Bertz CT molecular complexity index is 306. The van der Waals surface area contributed by atoms with Crippen LogP contribution >= 0.6 is 0 Å². The highest BCUT2D eigenvalue weighted by atomic mass is 19.4. The van der Waals surface area contributed by atoms with Crippen molar-refractivity contribution in [3.63, 3.8) is 0 Å². The summed E-state index contributed by atoms with van der Waals surface area (Å²) in [4.78, 5) is 0. The Hall–Kier alpha value is -1.20. The first-order valence-electron chi connectivity index (χ1n) is 4.15. The Morgan fingerprint density at radius 3 is 2.64 bits per heavy atom. The lowest BCUT2D eigenvalue weighted by molar-refractivity contribution is -0.277. The smallest absolute Gasteiger partial charge is 0.388 e. The van der Waals surface area contributed by atoms with Gasteiger partial charge in [-0.2, -0.15) is 5.10 Å². The molecular weight excluding hydrogens is 197 g/mol. The van der Waals surface area contributed by atoms with Crippen LogP contribution < -0.4 is 4.74 Å². The summed E-state index contributed by atoms with van der Waals surface area (Å²) in [7, 11) is 0.